The van der Waals surface area contributed by atoms with E-state index in [9.17, 15) is 9.90 Å². The molecule has 20 heavy (non-hydrogen) atoms. The van der Waals surface area contributed by atoms with Gasteiger partial charge < -0.3 is 10.4 Å². The number of carbonyl (C=O) groups excluding carboxylic acids is 1. The average Bonchev–Trinajstić information content (AvgIpc) is 2.45. The van der Waals surface area contributed by atoms with Gasteiger partial charge in [-0.2, -0.15) is 0 Å². The van der Waals surface area contributed by atoms with E-state index >= 15 is 0 Å². The highest BCUT2D eigenvalue weighted by atomic mass is 35.5. The zero-order valence-electron chi connectivity index (χ0n) is 10.3. The van der Waals surface area contributed by atoms with E-state index in [0.717, 1.165) is 0 Å². The van der Waals surface area contributed by atoms with Crippen molar-refractivity contribution in [2.24, 2.45) is 0 Å². The van der Waals surface area contributed by atoms with Crippen molar-refractivity contribution in [2.75, 3.05) is 6.54 Å². The van der Waals surface area contributed by atoms with Crippen LogP contribution in [-0.4, -0.2) is 27.5 Å². The normalized spacial score (nSPS) is 11.9. The predicted octanol–water partition coefficient (Wildman–Crippen LogP) is 2.25. The van der Waals surface area contributed by atoms with Gasteiger partial charge in [0, 0.05) is 34.5 Å². The fourth-order valence-electron chi connectivity index (χ4n) is 1.63. The van der Waals surface area contributed by atoms with Gasteiger partial charge in [-0.25, -0.2) is 4.98 Å². The third-order valence-corrected chi connectivity index (χ3v) is 3.24. The molecule has 1 heterocycles. The van der Waals surface area contributed by atoms with Gasteiger partial charge in [-0.05, 0) is 12.1 Å². The zero-order valence-corrected chi connectivity index (χ0v) is 11.8. The monoisotopic (exact) mass is 311 g/mol. The molecule has 0 saturated carbocycles. The highest BCUT2D eigenvalue weighted by molar-refractivity contribution is 6.36. The minimum absolute atomic E-state index is 0.0289. The van der Waals surface area contributed by atoms with Crippen molar-refractivity contribution in [2.45, 2.75) is 6.10 Å². The van der Waals surface area contributed by atoms with Crippen molar-refractivity contribution in [3.8, 4) is 0 Å². The minimum atomic E-state index is -1.00. The smallest absolute Gasteiger partial charge is 0.271 e. The number of rotatable bonds is 4. The van der Waals surface area contributed by atoms with Crippen molar-refractivity contribution in [1.29, 1.82) is 0 Å². The summed E-state index contributed by atoms with van der Waals surface area (Å²) in [7, 11) is 0. The molecule has 0 spiro atoms. The Morgan fingerprint density at radius 1 is 1.30 bits per heavy atom. The van der Waals surface area contributed by atoms with Crippen LogP contribution < -0.4 is 5.32 Å². The van der Waals surface area contributed by atoms with Crippen molar-refractivity contribution in [3.05, 3.63) is 58.1 Å². The first kappa shape index (κ1) is 14.7. The molecule has 1 atom stereocenters. The maximum atomic E-state index is 11.8. The Labute approximate surface area is 125 Å². The van der Waals surface area contributed by atoms with E-state index in [-0.39, 0.29) is 12.2 Å². The molecule has 0 unspecified atom stereocenters. The van der Waals surface area contributed by atoms with Crippen LogP contribution in [0.5, 0.6) is 0 Å². The molecule has 0 fully saturated rings. The maximum absolute atomic E-state index is 11.8. The molecule has 1 amide bonds. The van der Waals surface area contributed by atoms with Gasteiger partial charge in [0.15, 0.2) is 0 Å². The van der Waals surface area contributed by atoms with Gasteiger partial charge in [-0.1, -0.05) is 29.3 Å². The lowest BCUT2D eigenvalue weighted by Crippen LogP contribution is -2.29. The van der Waals surface area contributed by atoms with Crippen molar-refractivity contribution < 1.29 is 9.90 Å². The maximum Gasteiger partial charge on any atom is 0.271 e. The quantitative estimate of drug-likeness (QED) is 0.908. The molecule has 0 saturated heterocycles. The number of hydrogen-bond acceptors (Lipinski definition) is 4. The van der Waals surface area contributed by atoms with Gasteiger partial charge in [0.25, 0.3) is 5.91 Å². The fraction of sp³-hybridized carbons (Fsp3) is 0.154. The molecule has 0 radical (unpaired) electrons. The van der Waals surface area contributed by atoms with Crippen LogP contribution in [0, 0.1) is 0 Å². The molecule has 2 N–H and O–H groups in total. The van der Waals surface area contributed by atoms with Crippen LogP contribution in [0.15, 0.2) is 36.8 Å². The summed E-state index contributed by atoms with van der Waals surface area (Å²) in [5.74, 6) is -0.430. The summed E-state index contributed by atoms with van der Waals surface area (Å²) in [6.45, 7) is -0.0289. The molecule has 104 valence electrons. The second-order valence-corrected chi connectivity index (χ2v) is 4.77. The van der Waals surface area contributed by atoms with Gasteiger partial charge in [0.05, 0.1) is 12.3 Å². The molecule has 2 aromatic rings. The lowest BCUT2D eigenvalue weighted by atomic mass is 10.1. The largest absolute Gasteiger partial charge is 0.386 e. The molecular weight excluding hydrogens is 301 g/mol. The first-order chi connectivity index (χ1) is 9.59. The SMILES string of the molecule is O=C(NC[C@H](O)c1c(Cl)cccc1Cl)c1cnccn1. The van der Waals surface area contributed by atoms with E-state index in [0.29, 0.717) is 15.6 Å². The summed E-state index contributed by atoms with van der Waals surface area (Å²) in [5, 5.41) is 13.3. The number of benzene rings is 1. The number of hydrogen-bond donors (Lipinski definition) is 2. The van der Waals surface area contributed by atoms with Crippen LogP contribution in [0.1, 0.15) is 22.2 Å². The second-order valence-electron chi connectivity index (χ2n) is 3.95. The lowest BCUT2D eigenvalue weighted by Gasteiger charge is -2.15. The predicted molar refractivity (Wildman–Crippen MR) is 75.8 cm³/mol. The minimum Gasteiger partial charge on any atom is -0.386 e. The summed E-state index contributed by atoms with van der Waals surface area (Å²) in [6.07, 6.45) is 3.21. The van der Waals surface area contributed by atoms with E-state index in [4.69, 9.17) is 23.2 Å². The van der Waals surface area contributed by atoms with Gasteiger partial charge in [-0.15, -0.1) is 0 Å². The number of nitrogens with one attached hydrogen (secondary N) is 1. The number of amides is 1. The van der Waals surface area contributed by atoms with Crippen LogP contribution in [0.4, 0.5) is 0 Å². The molecule has 0 bridgehead atoms. The summed E-state index contributed by atoms with van der Waals surface area (Å²) in [5.41, 5.74) is 0.556. The van der Waals surface area contributed by atoms with E-state index < -0.39 is 12.0 Å². The number of halogens is 2. The van der Waals surface area contributed by atoms with Crippen molar-refractivity contribution in [1.82, 2.24) is 15.3 Å². The molecule has 0 aliphatic rings. The third kappa shape index (κ3) is 3.45. The highest BCUT2D eigenvalue weighted by Crippen LogP contribution is 2.29. The summed E-state index contributed by atoms with van der Waals surface area (Å²) in [4.78, 5) is 19.4. The van der Waals surface area contributed by atoms with E-state index in [1.807, 2.05) is 0 Å². The van der Waals surface area contributed by atoms with Crippen LogP contribution >= 0.6 is 23.2 Å². The summed E-state index contributed by atoms with van der Waals surface area (Å²) >= 11 is 12.0. The molecule has 5 nitrogen and oxygen atoms in total. The molecule has 0 aliphatic carbocycles. The Kier molecular flexibility index (Phi) is 4.89. The molecular formula is C13H11Cl2N3O2. The first-order valence-electron chi connectivity index (χ1n) is 5.75. The Bertz CT molecular complexity index is 588. The summed E-state index contributed by atoms with van der Waals surface area (Å²) < 4.78 is 0. The van der Waals surface area contributed by atoms with Crippen LogP contribution in [-0.2, 0) is 0 Å². The second kappa shape index (κ2) is 6.65. The van der Waals surface area contributed by atoms with Gasteiger partial charge in [0.2, 0.25) is 0 Å². The number of aliphatic hydroxyl groups excluding tert-OH is 1. The van der Waals surface area contributed by atoms with Crippen molar-refractivity contribution >= 4 is 29.1 Å². The van der Waals surface area contributed by atoms with Gasteiger partial charge in [0.1, 0.15) is 5.69 Å². The van der Waals surface area contributed by atoms with Crippen LogP contribution in [0.2, 0.25) is 10.0 Å². The molecule has 7 heteroatoms. The molecule has 2 rings (SSSR count). The van der Waals surface area contributed by atoms with Crippen LogP contribution in [0.3, 0.4) is 0 Å². The van der Waals surface area contributed by atoms with Crippen molar-refractivity contribution in [3.63, 3.8) is 0 Å². The highest BCUT2D eigenvalue weighted by Gasteiger charge is 2.17. The standard InChI is InChI=1S/C13H11Cl2N3O2/c14-8-2-1-3-9(15)12(8)11(19)7-18-13(20)10-6-16-4-5-17-10/h1-6,11,19H,7H2,(H,18,20)/t11-/m0/s1. The van der Waals surface area contributed by atoms with Crippen LogP contribution in [0.25, 0.3) is 0 Å². The average molecular weight is 312 g/mol. The van der Waals surface area contributed by atoms with E-state index in [1.165, 1.54) is 18.6 Å². The Morgan fingerprint density at radius 3 is 2.60 bits per heavy atom. The van der Waals surface area contributed by atoms with E-state index in [1.54, 1.807) is 18.2 Å². The Balaban J connectivity index is 2.02. The van der Waals surface area contributed by atoms with E-state index in [2.05, 4.69) is 15.3 Å². The number of carbonyl (C=O) groups is 1. The molecule has 0 aliphatic heterocycles. The fourth-order valence-corrected chi connectivity index (χ4v) is 2.28. The summed E-state index contributed by atoms with van der Waals surface area (Å²) in [6, 6.07) is 4.92. The lowest BCUT2D eigenvalue weighted by molar-refractivity contribution is 0.0911. The first-order valence-corrected chi connectivity index (χ1v) is 6.51. The van der Waals surface area contributed by atoms with Gasteiger partial charge >= 0.3 is 0 Å². The van der Waals surface area contributed by atoms with Gasteiger partial charge in [-0.3, -0.25) is 9.78 Å². The Hall–Kier alpha value is -1.69. The topological polar surface area (TPSA) is 75.1 Å². The third-order valence-electron chi connectivity index (χ3n) is 2.58. The zero-order chi connectivity index (χ0) is 14.5. The number of aromatic nitrogens is 2. The molecule has 1 aromatic heterocycles. The number of nitrogens with zero attached hydrogens (tertiary/aromatic N) is 2. The molecule has 1 aromatic carbocycles. The number of aliphatic hydroxyl groups is 1. The Morgan fingerprint density at radius 2 is 2.00 bits per heavy atom.